The summed E-state index contributed by atoms with van der Waals surface area (Å²) in [5, 5.41) is 8.30. The summed E-state index contributed by atoms with van der Waals surface area (Å²) in [5.41, 5.74) is -0.692. The molecule has 262 valence electrons. The molecule has 4 amide bonds. The first-order valence-corrected chi connectivity index (χ1v) is 15.9. The Balaban J connectivity index is 1.53. The maximum absolute atomic E-state index is 16.6. The minimum Gasteiger partial charge on any atom is -0.474 e. The molecule has 0 spiro atoms. The zero-order chi connectivity index (χ0) is 35.8. The molecule has 1 aromatic carbocycles. The monoisotopic (exact) mass is 680 g/mol. The number of fused-ring (bicyclic) bond motifs is 2. The summed E-state index contributed by atoms with van der Waals surface area (Å²) in [7, 11) is 1.55. The lowest BCUT2D eigenvalue weighted by Crippen LogP contribution is -2.42. The van der Waals surface area contributed by atoms with Crippen molar-refractivity contribution < 1.29 is 42.5 Å². The number of aromatic nitrogens is 2. The topological polar surface area (TPSA) is 170 Å². The van der Waals surface area contributed by atoms with Crippen LogP contribution in [0.25, 0.3) is 21.9 Å². The van der Waals surface area contributed by atoms with Crippen molar-refractivity contribution in [1.82, 2.24) is 15.3 Å². The Morgan fingerprint density at radius 3 is 2.29 bits per heavy atom. The first-order valence-electron chi connectivity index (χ1n) is 15.9. The van der Waals surface area contributed by atoms with Crippen molar-refractivity contribution in [3.8, 4) is 17.0 Å². The van der Waals surface area contributed by atoms with Crippen LogP contribution in [0.3, 0.4) is 0 Å². The van der Waals surface area contributed by atoms with Gasteiger partial charge in [-0.05, 0) is 84.4 Å². The van der Waals surface area contributed by atoms with Gasteiger partial charge >= 0.3 is 18.3 Å². The first-order chi connectivity index (χ1) is 22.9. The van der Waals surface area contributed by atoms with E-state index in [0.717, 1.165) is 0 Å². The van der Waals surface area contributed by atoms with Gasteiger partial charge in [-0.3, -0.25) is 20.3 Å². The maximum Gasteiger partial charge on any atom is 0.415 e. The van der Waals surface area contributed by atoms with Gasteiger partial charge in [-0.1, -0.05) is 0 Å². The fourth-order valence-electron chi connectivity index (χ4n) is 5.54. The van der Waals surface area contributed by atoms with Crippen LogP contribution in [-0.2, 0) is 19.0 Å². The van der Waals surface area contributed by atoms with Crippen LogP contribution in [0.15, 0.2) is 24.5 Å². The third-order valence-corrected chi connectivity index (χ3v) is 7.80. The second-order valence-electron chi connectivity index (χ2n) is 13.9. The van der Waals surface area contributed by atoms with Gasteiger partial charge in [0.1, 0.15) is 35.4 Å². The van der Waals surface area contributed by atoms with E-state index < -0.39 is 41.4 Å². The highest BCUT2D eigenvalue weighted by atomic mass is 19.1. The minimum absolute atomic E-state index is 0.0375. The van der Waals surface area contributed by atoms with Crippen LogP contribution in [0.5, 0.6) is 5.88 Å². The van der Waals surface area contributed by atoms with Crippen LogP contribution in [0.2, 0.25) is 0 Å². The Morgan fingerprint density at radius 2 is 1.63 bits per heavy atom. The number of rotatable bonds is 5. The first kappa shape index (κ1) is 35.1. The number of hydrogen-bond acceptors (Lipinski definition) is 10. The number of nitrogens with zero attached hydrogens (tertiary/aromatic N) is 3. The summed E-state index contributed by atoms with van der Waals surface area (Å²) >= 11 is 0. The third-order valence-electron chi connectivity index (χ3n) is 7.80. The number of ether oxygens (including phenoxy) is 4. The maximum atomic E-state index is 16.6. The van der Waals surface area contributed by atoms with E-state index in [1.54, 1.807) is 55.5 Å². The van der Waals surface area contributed by atoms with Gasteiger partial charge in [0, 0.05) is 41.9 Å². The van der Waals surface area contributed by atoms with Crippen LogP contribution in [-0.4, -0.2) is 71.7 Å². The molecule has 1 aliphatic heterocycles. The van der Waals surface area contributed by atoms with E-state index in [1.165, 1.54) is 29.4 Å². The number of pyridine rings is 2. The summed E-state index contributed by atoms with van der Waals surface area (Å²) in [5.74, 6) is -0.833. The van der Waals surface area contributed by atoms with Gasteiger partial charge in [0.05, 0.1) is 12.2 Å². The van der Waals surface area contributed by atoms with Crippen LogP contribution < -0.4 is 25.6 Å². The Morgan fingerprint density at radius 1 is 0.939 bits per heavy atom. The molecule has 3 heterocycles. The largest absolute Gasteiger partial charge is 0.474 e. The molecule has 3 N–H and O–H groups in total. The van der Waals surface area contributed by atoms with Gasteiger partial charge in [0.25, 0.3) is 0 Å². The highest BCUT2D eigenvalue weighted by Crippen LogP contribution is 2.42. The Labute approximate surface area is 283 Å². The molecule has 2 aromatic heterocycles. The molecule has 15 heteroatoms. The number of benzene rings is 1. The molecule has 3 aromatic rings. The van der Waals surface area contributed by atoms with Gasteiger partial charge in [-0.25, -0.2) is 28.7 Å². The normalized spacial score (nSPS) is 17.2. The molecule has 49 heavy (non-hydrogen) atoms. The standard InChI is InChI=1S/C34H41FN6O8/c1-17-22(15-38-29-27(17)41(9-10-46-29)32(45)49-34(5,6)7)21-13-18-14-24(39-30(43)47-20-11-19(12-20)28(42)36-8)37-16-23(18)26(25(21)35)40-31(44)48-33(2,3)4/h13-16,19-20H,9-12H2,1-8H3,(H,36,42)(H,40,44)(H,37,39,43)/t19-,20+. The molecular weight excluding hydrogens is 639 g/mol. The van der Waals surface area contributed by atoms with E-state index in [2.05, 4.69) is 25.9 Å². The molecule has 0 bridgehead atoms. The Kier molecular flexibility index (Phi) is 9.57. The van der Waals surface area contributed by atoms with E-state index in [4.69, 9.17) is 18.9 Å². The van der Waals surface area contributed by atoms with E-state index >= 15 is 4.39 Å². The van der Waals surface area contributed by atoms with E-state index in [9.17, 15) is 19.2 Å². The lowest BCUT2D eigenvalue weighted by Gasteiger charge is -2.33. The predicted molar refractivity (Wildman–Crippen MR) is 179 cm³/mol. The zero-order valence-corrected chi connectivity index (χ0v) is 28.8. The summed E-state index contributed by atoms with van der Waals surface area (Å²) < 4.78 is 38.8. The van der Waals surface area contributed by atoms with E-state index in [0.29, 0.717) is 35.0 Å². The smallest absolute Gasteiger partial charge is 0.415 e. The quantitative estimate of drug-likeness (QED) is 0.260. The van der Waals surface area contributed by atoms with Crippen molar-refractivity contribution in [3.05, 3.63) is 35.9 Å². The molecule has 1 aliphatic carbocycles. The number of hydrogen-bond donors (Lipinski definition) is 3. The number of carbonyl (C=O) groups excluding carboxylic acids is 4. The fourth-order valence-corrected chi connectivity index (χ4v) is 5.54. The molecule has 1 fully saturated rings. The van der Waals surface area contributed by atoms with Gasteiger partial charge in [0.2, 0.25) is 11.8 Å². The molecule has 5 rings (SSSR count). The van der Waals surface area contributed by atoms with Crippen molar-refractivity contribution >= 4 is 52.2 Å². The zero-order valence-electron chi connectivity index (χ0n) is 28.8. The molecular formula is C34H41FN6O8. The lowest BCUT2D eigenvalue weighted by molar-refractivity contribution is -0.130. The van der Waals surface area contributed by atoms with Crippen molar-refractivity contribution in [1.29, 1.82) is 0 Å². The van der Waals surface area contributed by atoms with Crippen molar-refractivity contribution in [2.45, 2.75) is 78.6 Å². The van der Waals surface area contributed by atoms with Crippen molar-refractivity contribution in [3.63, 3.8) is 0 Å². The fraction of sp³-hybridized carbons (Fsp3) is 0.471. The molecule has 2 aliphatic rings. The van der Waals surface area contributed by atoms with E-state index in [1.807, 2.05) is 0 Å². The summed E-state index contributed by atoms with van der Waals surface area (Å²) in [4.78, 5) is 60.6. The van der Waals surface area contributed by atoms with Crippen molar-refractivity contribution in [2.24, 2.45) is 5.92 Å². The number of halogens is 1. The van der Waals surface area contributed by atoms with Crippen LogP contribution in [0.1, 0.15) is 59.9 Å². The molecule has 14 nitrogen and oxygen atoms in total. The predicted octanol–water partition coefficient (Wildman–Crippen LogP) is 6.30. The van der Waals surface area contributed by atoms with Crippen LogP contribution in [0.4, 0.5) is 36.0 Å². The average Bonchev–Trinajstić information content (AvgIpc) is 2.98. The molecule has 0 atom stereocenters. The van der Waals surface area contributed by atoms with Crippen LogP contribution in [0, 0.1) is 18.7 Å². The second kappa shape index (κ2) is 13.4. The summed E-state index contributed by atoms with van der Waals surface area (Å²) in [6, 6.07) is 3.03. The van der Waals surface area contributed by atoms with Gasteiger partial charge in [0.15, 0.2) is 5.82 Å². The number of carbonyl (C=O) groups is 4. The second-order valence-corrected chi connectivity index (χ2v) is 13.9. The molecule has 0 saturated heterocycles. The number of amides is 4. The average molecular weight is 681 g/mol. The summed E-state index contributed by atoms with van der Waals surface area (Å²) in [6.45, 7) is 12.4. The highest BCUT2D eigenvalue weighted by molar-refractivity contribution is 6.05. The van der Waals surface area contributed by atoms with Crippen molar-refractivity contribution in [2.75, 3.05) is 35.7 Å². The molecule has 0 unspecified atom stereocenters. The highest BCUT2D eigenvalue weighted by Gasteiger charge is 2.37. The molecule has 0 radical (unpaired) electrons. The number of anilines is 3. The number of nitrogens with one attached hydrogen (secondary N) is 3. The van der Waals surface area contributed by atoms with Gasteiger partial charge in [-0.15, -0.1) is 0 Å². The minimum atomic E-state index is -0.893. The lowest BCUT2D eigenvalue weighted by atomic mass is 9.81. The Hall–Kier alpha value is -5.21. The third kappa shape index (κ3) is 7.92. The van der Waals surface area contributed by atoms with E-state index in [-0.39, 0.29) is 53.3 Å². The van der Waals surface area contributed by atoms with Crippen LogP contribution >= 0.6 is 0 Å². The molecule has 1 saturated carbocycles. The van der Waals surface area contributed by atoms with Gasteiger partial charge < -0.3 is 24.3 Å². The SMILES string of the molecule is CNC(=O)[C@H]1C[C@@H](OC(=O)Nc2cc3cc(-c4cnc5c(c4C)N(C(=O)OC(C)(C)C)CCO5)c(F)c(NC(=O)OC(C)(C)C)c3cn2)C1. The van der Waals surface area contributed by atoms with Gasteiger partial charge in [-0.2, -0.15) is 0 Å². The Bertz CT molecular complexity index is 1810. The summed E-state index contributed by atoms with van der Waals surface area (Å²) in [6.07, 6.45) is 0.870.